The van der Waals surface area contributed by atoms with Crippen molar-refractivity contribution in [1.29, 1.82) is 0 Å². The Balaban J connectivity index is 3.07. The maximum Gasteiger partial charge on any atom is 0.328 e. The Morgan fingerprint density at radius 1 is 1.38 bits per heavy atom. The minimum absolute atomic E-state index is 0.0637. The SMILES string of the molecule is CC(=O)Cc1ccc(C)cc1/C=C/C(=O)O. The fourth-order valence-corrected chi connectivity index (χ4v) is 1.46. The van der Waals surface area contributed by atoms with Crippen LogP contribution in [0.15, 0.2) is 24.3 Å². The number of hydrogen-bond donors (Lipinski definition) is 1. The van der Waals surface area contributed by atoms with Crippen LogP contribution in [0.5, 0.6) is 0 Å². The smallest absolute Gasteiger partial charge is 0.328 e. The van der Waals surface area contributed by atoms with Gasteiger partial charge in [-0.05, 0) is 31.1 Å². The lowest BCUT2D eigenvalue weighted by Crippen LogP contribution is -1.99. The maximum atomic E-state index is 11.0. The van der Waals surface area contributed by atoms with Crippen LogP contribution >= 0.6 is 0 Å². The van der Waals surface area contributed by atoms with Crippen molar-refractivity contribution < 1.29 is 14.7 Å². The molecule has 0 saturated heterocycles. The lowest BCUT2D eigenvalue weighted by Gasteiger charge is -2.05. The summed E-state index contributed by atoms with van der Waals surface area (Å²) in [6, 6.07) is 5.65. The van der Waals surface area contributed by atoms with Crippen molar-refractivity contribution in [1.82, 2.24) is 0 Å². The summed E-state index contributed by atoms with van der Waals surface area (Å²) in [5.74, 6) is -0.927. The zero-order chi connectivity index (χ0) is 12.1. The second-order valence-corrected chi connectivity index (χ2v) is 3.75. The highest BCUT2D eigenvalue weighted by Gasteiger charge is 2.03. The van der Waals surface area contributed by atoms with E-state index < -0.39 is 5.97 Å². The van der Waals surface area contributed by atoms with Gasteiger partial charge in [-0.15, -0.1) is 0 Å². The van der Waals surface area contributed by atoms with E-state index in [2.05, 4.69) is 0 Å². The summed E-state index contributed by atoms with van der Waals surface area (Å²) in [5.41, 5.74) is 2.69. The van der Waals surface area contributed by atoms with Gasteiger partial charge in [0, 0.05) is 12.5 Å². The molecule has 0 spiro atoms. The van der Waals surface area contributed by atoms with Gasteiger partial charge in [-0.1, -0.05) is 23.8 Å². The van der Waals surface area contributed by atoms with E-state index in [0.29, 0.717) is 6.42 Å². The quantitative estimate of drug-likeness (QED) is 0.788. The highest BCUT2D eigenvalue weighted by Crippen LogP contribution is 2.14. The van der Waals surface area contributed by atoms with Crippen molar-refractivity contribution in [3.8, 4) is 0 Å². The largest absolute Gasteiger partial charge is 0.478 e. The molecule has 1 rings (SSSR count). The van der Waals surface area contributed by atoms with Crippen LogP contribution in [-0.4, -0.2) is 16.9 Å². The summed E-state index contributed by atoms with van der Waals surface area (Å²) in [7, 11) is 0. The molecule has 1 aromatic rings. The van der Waals surface area contributed by atoms with Gasteiger partial charge in [0.1, 0.15) is 5.78 Å². The van der Waals surface area contributed by atoms with Gasteiger partial charge in [-0.25, -0.2) is 4.79 Å². The molecule has 0 radical (unpaired) electrons. The van der Waals surface area contributed by atoms with Crippen LogP contribution in [-0.2, 0) is 16.0 Å². The van der Waals surface area contributed by atoms with E-state index in [9.17, 15) is 9.59 Å². The summed E-state index contributed by atoms with van der Waals surface area (Å²) in [6.07, 6.45) is 2.94. The molecule has 0 bridgehead atoms. The van der Waals surface area contributed by atoms with Gasteiger partial charge in [0.2, 0.25) is 0 Å². The summed E-state index contributed by atoms with van der Waals surface area (Å²) >= 11 is 0. The summed E-state index contributed by atoms with van der Waals surface area (Å²) in [6.45, 7) is 3.44. The first-order valence-corrected chi connectivity index (χ1v) is 4.99. The van der Waals surface area contributed by atoms with Gasteiger partial charge < -0.3 is 5.11 Å². The lowest BCUT2D eigenvalue weighted by molar-refractivity contribution is -0.131. The van der Waals surface area contributed by atoms with Crippen molar-refractivity contribution in [2.45, 2.75) is 20.3 Å². The second-order valence-electron chi connectivity index (χ2n) is 3.75. The van der Waals surface area contributed by atoms with Crippen LogP contribution in [0.3, 0.4) is 0 Å². The summed E-state index contributed by atoms with van der Waals surface area (Å²) in [4.78, 5) is 21.5. The number of carboxylic acid groups (broad SMARTS) is 1. The maximum absolute atomic E-state index is 11.0. The van der Waals surface area contributed by atoms with Crippen LogP contribution in [0.25, 0.3) is 6.08 Å². The number of benzene rings is 1. The predicted molar refractivity (Wildman–Crippen MR) is 62.2 cm³/mol. The third-order valence-electron chi connectivity index (χ3n) is 2.15. The molecule has 0 atom stereocenters. The van der Waals surface area contributed by atoms with Crippen molar-refractivity contribution in [2.75, 3.05) is 0 Å². The Morgan fingerprint density at radius 3 is 2.62 bits per heavy atom. The molecule has 0 heterocycles. The zero-order valence-electron chi connectivity index (χ0n) is 9.36. The van der Waals surface area contributed by atoms with E-state index in [1.165, 1.54) is 13.0 Å². The van der Waals surface area contributed by atoms with Gasteiger partial charge in [0.15, 0.2) is 0 Å². The molecule has 0 fully saturated rings. The Morgan fingerprint density at radius 2 is 2.06 bits per heavy atom. The van der Waals surface area contributed by atoms with Crippen molar-refractivity contribution >= 4 is 17.8 Å². The zero-order valence-corrected chi connectivity index (χ0v) is 9.36. The highest BCUT2D eigenvalue weighted by molar-refractivity contribution is 5.86. The Labute approximate surface area is 94.4 Å². The molecule has 0 aliphatic heterocycles. The first-order valence-electron chi connectivity index (χ1n) is 4.99. The van der Waals surface area contributed by atoms with Crippen molar-refractivity contribution in [2.24, 2.45) is 0 Å². The predicted octanol–water partition coefficient (Wildman–Crippen LogP) is 2.22. The number of hydrogen-bond acceptors (Lipinski definition) is 2. The number of rotatable bonds is 4. The first kappa shape index (κ1) is 12.2. The topological polar surface area (TPSA) is 54.4 Å². The number of ketones is 1. The van der Waals surface area contributed by atoms with Crippen LogP contribution in [0.2, 0.25) is 0 Å². The van der Waals surface area contributed by atoms with Crippen LogP contribution in [0.1, 0.15) is 23.6 Å². The third-order valence-corrected chi connectivity index (χ3v) is 2.15. The molecule has 0 saturated carbocycles. The average Bonchev–Trinajstić information content (AvgIpc) is 2.17. The molecule has 84 valence electrons. The minimum Gasteiger partial charge on any atom is -0.478 e. The molecule has 16 heavy (non-hydrogen) atoms. The highest BCUT2D eigenvalue weighted by atomic mass is 16.4. The number of carbonyl (C=O) groups excluding carboxylic acids is 1. The molecule has 0 amide bonds. The van der Waals surface area contributed by atoms with Crippen LogP contribution in [0, 0.1) is 6.92 Å². The molecular weight excluding hydrogens is 204 g/mol. The van der Waals surface area contributed by atoms with E-state index in [-0.39, 0.29) is 5.78 Å². The normalized spacial score (nSPS) is 10.6. The number of aryl methyl sites for hydroxylation is 1. The number of carbonyl (C=O) groups is 2. The molecular formula is C13H14O3. The van der Waals surface area contributed by atoms with E-state index in [1.807, 2.05) is 25.1 Å². The van der Waals surface area contributed by atoms with Crippen LogP contribution in [0.4, 0.5) is 0 Å². The molecule has 0 aliphatic carbocycles. The Kier molecular flexibility index (Phi) is 4.00. The van der Waals surface area contributed by atoms with E-state index >= 15 is 0 Å². The van der Waals surface area contributed by atoms with E-state index in [4.69, 9.17) is 5.11 Å². The molecule has 0 aliphatic rings. The number of carboxylic acids is 1. The summed E-state index contributed by atoms with van der Waals surface area (Å²) < 4.78 is 0. The molecule has 0 aromatic heterocycles. The van der Waals surface area contributed by atoms with E-state index in [0.717, 1.165) is 22.8 Å². The summed E-state index contributed by atoms with van der Waals surface area (Å²) in [5, 5.41) is 8.56. The van der Waals surface area contributed by atoms with Gasteiger partial charge in [-0.3, -0.25) is 4.79 Å². The fraction of sp³-hybridized carbons (Fsp3) is 0.231. The average molecular weight is 218 g/mol. The van der Waals surface area contributed by atoms with Gasteiger partial charge in [-0.2, -0.15) is 0 Å². The lowest BCUT2D eigenvalue weighted by atomic mass is 10.00. The second kappa shape index (κ2) is 5.26. The monoisotopic (exact) mass is 218 g/mol. The van der Waals surface area contributed by atoms with Crippen LogP contribution < -0.4 is 0 Å². The molecule has 0 unspecified atom stereocenters. The number of Topliss-reactive ketones (excluding diaryl/α,β-unsaturated/α-hetero) is 1. The number of aliphatic carboxylic acids is 1. The van der Waals surface area contributed by atoms with Gasteiger partial charge in [0.25, 0.3) is 0 Å². The Bertz CT molecular complexity index is 444. The molecule has 3 nitrogen and oxygen atoms in total. The van der Waals surface area contributed by atoms with Crippen molar-refractivity contribution in [3.05, 3.63) is 41.0 Å². The molecule has 1 N–H and O–H groups in total. The minimum atomic E-state index is -0.990. The molecule has 1 aromatic carbocycles. The van der Waals surface area contributed by atoms with Gasteiger partial charge in [0.05, 0.1) is 0 Å². The molecule has 3 heteroatoms. The van der Waals surface area contributed by atoms with Crippen molar-refractivity contribution in [3.63, 3.8) is 0 Å². The standard InChI is InChI=1S/C13H14O3/c1-9-3-4-12(8-10(2)14)11(7-9)5-6-13(15)16/h3-7H,8H2,1-2H3,(H,15,16)/b6-5+. The fourth-order valence-electron chi connectivity index (χ4n) is 1.46. The third kappa shape index (κ3) is 3.69. The van der Waals surface area contributed by atoms with E-state index in [1.54, 1.807) is 0 Å². The Hall–Kier alpha value is -1.90. The first-order chi connectivity index (χ1) is 7.49. The van der Waals surface area contributed by atoms with Gasteiger partial charge >= 0.3 is 5.97 Å².